The van der Waals surface area contributed by atoms with Crippen molar-refractivity contribution in [3.63, 3.8) is 0 Å². The van der Waals surface area contributed by atoms with Crippen molar-refractivity contribution in [1.29, 1.82) is 0 Å². The van der Waals surface area contributed by atoms with E-state index in [0.29, 0.717) is 0 Å². The highest BCUT2D eigenvalue weighted by atomic mass is 19.4. The number of halogens is 6. The van der Waals surface area contributed by atoms with Crippen LogP contribution in [0.5, 0.6) is 5.75 Å². The van der Waals surface area contributed by atoms with Gasteiger partial charge < -0.3 is 20.1 Å². The predicted molar refractivity (Wildman–Crippen MR) is 105 cm³/mol. The maximum absolute atomic E-state index is 12.6. The van der Waals surface area contributed by atoms with Crippen molar-refractivity contribution < 1.29 is 59.8 Å². The second-order valence-corrected chi connectivity index (χ2v) is 6.79. The monoisotopic (exact) mass is 512 g/mol. The van der Waals surface area contributed by atoms with Crippen LogP contribution in [-0.2, 0) is 23.9 Å². The van der Waals surface area contributed by atoms with Crippen molar-refractivity contribution in [3.8, 4) is 5.75 Å². The van der Waals surface area contributed by atoms with Crippen molar-refractivity contribution in [2.75, 3.05) is 18.5 Å². The maximum Gasteiger partial charge on any atom is 0.450 e. The first-order valence-corrected chi connectivity index (χ1v) is 9.42. The number of anilines is 1. The van der Waals surface area contributed by atoms with Crippen LogP contribution in [0.2, 0.25) is 0 Å². The van der Waals surface area contributed by atoms with E-state index in [1.807, 2.05) is 5.32 Å². The summed E-state index contributed by atoms with van der Waals surface area (Å²) in [6.07, 6.45) is -14.3. The van der Waals surface area contributed by atoms with Gasteiger partial charge in [0.25, 0.3) is 0 Å². The highest BCUT2D eigenvalue weighted by Crippen LogP contribution is 2.30. The maximum atomic E-state index is 12.6. The molecule has 35 heavy (non-hydrogen) atoms. The van der Waals surface area contributed by atoms with E-state index in [2.05, 4.69) is 11.9 Å². The lowest BCUT2D eigenvalue weighted by atomic mass is 9.93. The van der Waals surface area contributed by atoms with E-state index in [-0.39, 0.29) is 30.2 Å². The second kappa shape index (κ2) is 12.0. The molecule has 2 amide bonds. The second-order valence-electron chi connectivity index (χ2n) is 6.79. The number of esters is 1. The summed E-state index contributed by atoms with van der Waals surface area (Å²) in [5.74, 6) is -11.7. The average Bonchev–Trinajstić information content (AvgIpc) is 2.72. The number of hydrogen-bond donors (Lipinski definition) is 2. The van der Waals surface area contributed by atoms with Crippen molar-refractivity contribution in [3.05, 3.63) is 36.4 Å². The lowest BCUT2D eigenvalue weighted by Gasteiger charge is -2.17. The molecule has 1 aromatic carbocycles. The number of carbonyl (C=O) groups excluding carboxylic acids is 5. The van der Waals surface area contributed by atoms with Gasteiger partial charge in [0.1, 0.15) is 18.3 Å². The lowest BCUT2D eigenvalue weighted by molar-refractivity contribution is -0.190. The summed E-state index contributed by atoms with van der Waals surface area (Å²) in [5, 5.41) is 4.14. The summed E-state index contributed by atoms with van der Waals surface area (Å²) in [6.45, 7) is 4.43. The fourth-order valence-electron chi connectivity index (χ4n) is 2.30. The Balaban J connectivity index is 2.76. The first-order chi connectivity index (χ1) is 16.0. The molecule has 0 aliphatic rings. The van der Waals surface area contributed by atoms with Gasteiger partial charge in [-0.05, 0) is 19.1 Å². The predicted octanol–water partition coefficient (Wildman–Crippen LogP) is 3.10. The molecule has 0 saturated carbocycles. The summed E-state index contributed by atoms with van der Waals surface area (Å²) in [4.78, 5) is 57.5. The first kappa shape index (κ1) is 29.1. The Morgan fingerprint density at radius 2 is 1.57 bits per heavy atom. The zero-order chi connectivity index (χ0) is 27.0. The molecule has 1 aromatic rings. The zero-order valence-corrected chi connectivity index (χ0v) is 17.8. The van der Waals surface area contributed by atoms with Crippen molar-refractivity contribution in [2.45, 2.75) is 25.7 Å². The third-order valence-electron chi connectivity index (χ3n) is 3.86. The topological polar surface area (TPSA) is 128 Å². The number of ether oxygens (including phenoxy) is 2. The van der Waals surface area contributed by atoms with Gasteiger partial charge in [0, 0.05) is 23.7 Å². The smallest absolute Gasteiger partial charge is 0.450 e. The van der Waals surface area contributed by atoms with Crippen LogP contribution in [0, 0.1) is 5.92 Å². The molecule has 0 heterocycles. The molecule has 0 saturated heterocycles. The number of ketones is 2. The van der Waals surface area contributed by atoms with Gasteiger partial charge in [0.15, 0.2) is 0 Å². The summed E-state index contributed by atoms with van der Waals surface area (Å²) in [5.41, 5.74) is -0.0864. The van der Waals surface area contributed by atoms with Crippen LogP contribution in [0.15, 0.2) is 36.4 Å². The lowest BCUT2D eigenvalue weighted by Crippen LogP contribution is -2.43. The molecule has 0 bridgehead atoms. The SMILES string of the molecule is C=C(C)C(=O)OCCNC(=O)Oc1cccc(NC(=O)CC(C(=O)C(F)(F)F)C(=O)C(F)(F)F)c1. The van der Waals surface area contributed by atoms with Crippen LogP contribution < -0.4 is 15.4 Å². The Morgan fingerprint density at radius 1 is 1.00 bits per heavy atom. The Hall–Kier alpha value is -3.91. The zero-order valence-electron chi connectivity index (χ0n) is 17.8. The molecule has 0 radical (unpaired) electrons. The minimum atomic E-state index is -5.78. The summed E-state index contributed by atoms with van der Waals surface area (Å²) in [6, 6.07) is 4.57. The molecule has 0 atom stereocenters. The van der Waals surface area contributed by atoms with E-state index in [9.17, 15) is 50.3 Å². The molecule has 0 spiro atoms. The Labute approximate surface area is 193 Å². The normalized spacial score (nSPS) is 11.4. The molecule has 9 nitrogen and oxygen atoms in total. The van der Waals surface area contributed by atoms with E-state index in [0.717, 1.165) is 12.1 Å². The highest BCUT2D eigenvalue weighted by molar-refractivity contribution is 6.10. The van der Waals surface area contributed by atoms with Crippen LogP contribution in [0.4, 0.5) is 36.8 Å². The number of Topliss-reactive ketones (excluding diaryl/α,β-unsaturated/α-hetero) is 2. The van der Waals surface area contributed by atoms with Crippen LogP contribution in [0.25, 0.3) is 0 Å². The van der Waals surface area contributed by atoms with E-state index in [1.165, 1.54) is 19.1 Å². The van der Waals surface area contributed by atoms with E-state index in [4.69, 9.17) is 9.47 Å². The molecule has 0 unspecified atom stereocenters. The van der Waals surface area contributed by atoms with Gasteiger partial charge in [-0.1, -0.05) is 12.6 Å². The van der Waals surface area contributed by atoms with Gasteiger partial charge in [-0.2, -0.15) is 26.3 Å². The van der Waals surface area contributed by atoms with Crippen LogP contribution in [0.1, 0.15) is 13.3 Å². The van der Waals surface area contributed by atoms with E-state index >= 15 is 0 Å². The summed E-state index contributed by atoms with van der Waals surface area (Å²) < 4.78 is 85.2. The number of alkyl halides is 6. The minimum absolute atomic E-state index is 0.142. The molecule has 0 aromatic heterocycles. The Kier molecular flexibility index (Phi) is 9.97. The molecule has 0 fully saturated rings. The number of nitrogens with one attached hydrogen (secondary N) is 2. The molecular formula is C20H18F6N2O7. The largest absolute Gasteiger partial charge is 0.460 e. The molecule has 1 rings (SSSR count). The first-order valence-electron chi connectivity index (χ1n) is 9.42. The van der Waals surface area contributed by atoms with Gasteiger partial charge in [-0.25, -0.2) is 9.59 Å². The average molecular weight is 512 g/mol. The van der Waals surface area contributed by atoms with Gasteiger partial charge in [0.05, 0.1) is 6.54 Å². The van der Waals surface area contributed by atoms with Crippen LogP contribution in [-0.4, -0.2) is 55.0 Å². The third-order valence-corrected chi connectivity index (χ3v) is 3.86. The van der Waals surface area contributed by atoms with Crippen LogP contribution in [0.3, 0.4) is 0 Å². The molecule has 0 aliphatic carbocycles. The van der Waals surface area contributed by atoms with Gasteiger partial charge in [0.2, 0.25) is 17.5 Å². The fourth-order valence-corrected chi connectivity index (χ4v) is 2.30. The van der Waals surface area contributed by atoms with Crippen molar-refractivity contribution in [1.82, 2.24) is 5.32 Å². The van der Waals surface area contributed by atoms with Crippen LogP contribution >= 0.6 is 0 Å². The third kappa shape index (κ3) is 9.85. The molecule has 192 valence electrons. The molecule has 2 N–H and O–H groups in total. The minimum Gasteiger partial charge on any atom is -0.460 e. The molecule has 15 heteroatoms. The number of amides is 2. The number of rotatable bonds is 10. The van der Waals surface area contributed by atoms with Gasteiger partial charge in [-0.3, -0.25) is 14.4 Å². The quantitative estimate of drug-likeness (QED) is 0.162. The fraction of sp³-hybridized carbons (Fsp3) is 0.350. The Morgan fingerprint density at radius 3 is 2.09 bits per heavy atom. The summed E-state index contributed by atoms with van der Waals surface area (Å²) >= 11 is 0. The number of benzene rings is 1. The standard InChI is InChI=1S/C20H18F6N2O7/c1-10(2)17(32)34-7-6-27-18(33)35-12-5-3-4-11(8-12)28-14(29)9-13(15(30)19(21,22)23)16(31)20(24,25)26/h3-5,8,13H,1,6-7,9H2,2H3,(H,27,33)(H,28,29). The molecule has 0 aliphatic heterocycles. The van der Waals surface area contributed by atoms with Gasteiger partial charge in [-0.15, -0.1) is 0 Å². The highest BCUT2D eigenvalue weighted by Gasteiger charge is 2.53. The molecular weight excluding hydrogens is 494 g/mol. The van der Waals surface area contributed by atoms with E-state index in [1.54, 1.807) is 0 Å². The number of carbonyl (C=O) groups is 5. The summed E-state index contributed by atoms with van der Waals surface area (Å²) in [7, 11) is 0. The van der Waals surface area contributed by atoms with Gasteiger partial charge >= 0.3 is 24.4 Å². The van der Waals surface area contributed by atoms with Crippen molar-refractivity contribution >= 4 is 35.2 Å². The Bertz CT molecular complexity index is 978. The number of hydrogen-bond acceptors (Lipinski definition) is 7. The van der Waals surface area contributed by atoms with E-state index < -0.39 is 54.2 Å². The van der Waals surface area contributed by atoms with Crippen molar-refractivity contribution in [2.24, 2.45) is 5.92 Å².